The summed E-state index contributed by atoms with van der Waals surface area (Å²) in [4.78, 5) is 35.9. The maximum Gasteiger partial charge on any atom is 0.133 e. The van der Waals surface area contributed by atoms with E-state index in [1.165, 1.54) is 0 Å². The second-order valence-corrected chi connectivity index (χ2v) is 26.6. The van der Waals surface area contributed by atoms with Crippen molar-refractivity contribution >= 4 is 61.8 Å². The zero-order valence-corrected chi connectivity index (χ0v) is 63.7. The van der Waals surface area contributed by atoms with Crippen LogP contribution >= 0.6 is 0 Å². The Morgan fingerprint density at radius 2 is 0.781 bits per heavy atom. The Bertz CT molecular complexity index is 4820. The van der Waals surface area contributed by atoms with Crippen LogP contribution in [0.1, 0.15) is 55.4 Å². The number of nitrogens with one attached hydrogen (secondary N) is 3. The molecule has 0 aliphatic heterocycles. The van der Waals surface area contributed by atoms with Crippen molar-refractivity contribution in [2.75, 3.05) is 98.3 Å². The van der Waals surface area contributed by atoms with E-state index in [1.807, 2.05) is 168 Å². The first-order chi connectivity index (χ1) is 50.7. The normalized spacial score (nSPS) is 11.6. The smallest absolute Gasteiger partial charge is 0.133 e. The number of nitrogens with zero attached hydrogens (tertiary/aromatic N) is 16. The molecule has 12 aromatic rings. The molecule has 9 aromatic heterocycles. The van der Waals surface area contributed by atoms with Crippen LogP contribution in [0.5, 0.6) is 34.5 Å². The van der Waals surface area contributed by atoms with Gasteiger partial charge in [0.25, 0.3) is 0 Å². The average molecular weight is 1420 g/mol. The largest absolute Gasteiger partial charge is 0.497 e. The third-order valence-corrected chi connectivity index (χ3v) is 17.5. The summed E-state index contributed by atoms with van der Waals surface area (Å²) >= 11 is 0. The number of ether oxygens (including phenoxy) is 6. The molecule has 0 bridgehead atoms. The van der Waals surface area contributed by atoms with Crippen LogP contribution in [-0.2, 0) is 27.7 Å². The number of hydrogen-bond donors (Lipinski definition) is 3. The fourth-order valence-electron chi connectivity index (χ4n) is 11.9. The number of aromatic nitrogens is 12. The van der Waals surface area contributed by atoms with Crippen molar-refractivity contribution in [3.05, 3.63) is 170 Å². The summed E-state index contributed by atoms with van der Waals surface area (Å²) < 4.78 is 40.6. The first-order valence-corrected chi connectivity index (χ1v) is 35.4. The van der Waals surface area contributed by atoms with Crippen LogP contribution in [0, 0.1) is 0 Å². The van der Waals surface area contributed by atoms with Crippen LogP contribution in [-0.4, -0.2) is 176 Å². The van der Waals surface area contributed by atoms with Crippen molar-refractivity contribution in [3.63, 3.8) is 0 Å². The molecule has 0 unspecified atom stereocenters. The molecule has 3 aromatic carbocycles. The highest BCUT2D eigenvalue weighted by Gasteiger charge is 2.21. The van der Waals surface area contributed by atoms with Gasteiger partial charge in [0.05, 0.1) is 100 Å². The minimum atomic E-state index is 0.391. The van der Waals surface area contributed by atoms with E-state index in [0.717, 1.165) is 176 Å². The van der Waals surface area contributed by atoms with Gasteiger partial charge in [0.15, 0.2) is 0 Å². The van der Waals surface area contributed by atoms with Gasteiger partial charge in [-0.3, -0.25) is 33.9 Å². The van der Waals surface area contributed by atoms with Crippen molar-refractivity contribution in [1.29, 1.82) is 0 Å². The number of fused-ring (bicyclic) bond motifs is 3. The zero-order valence-electron chi connectivity index (χ0n) is 63.7. The Kier molecular flexibility index (Phi) is 26.6. The summed E-state index contributed by atoms with van der Waals surface area (Å²) in [6.07, 6.45) is 17.1. The van der Waals surface area contributed by atoms with Crippen LogP contribution in [0.15, 0.2) is 170 Å². The highest BCUT2D eigenvalue weighted by molar-refractivity contribution is 5.84. The third kappa shape index (κ3) is 20.7. The van der Waals surface area contributed by atoms with E-state index >= 15 is 0 Å². The lowest BCUT2D eigenvalue weighted by Crippen LogP contribution is -2.42. The predicted molar refractivity (Wildman–Crippen MR) is 419 cm³/mol. The monoisotopic (exact) mass is 1420 g/mol. The van der Waals surface area contributed by atoms with E-state index in [0.29, 0.717) is 35.7 Å². The Hall–Kier alpha value is -11.0. The van der Waals surface area contributed by atoms with Gasteiger partial charge in [-0.1, -0.05) is 41.5 Å². The molecule has 9 heterocycles. The van der Waals surface area contributed by atoms with Gasteiger partial charge in [-0.15, -0.1) is 0 Å². The van der Waals surface area contributed by atoms with E-state index < -0.39 is 0 Å². The van der Waals surface area contributed by atoms with Crippen LogP contribution in [0.4, 0.5) is 28.7 Å². The predicted octanol–water partition coefficient (Wildman–Crippen LogP) is 12.8. The molecular weight excluding hydrogens is 1320 g/mol. The van der Waals surface area contributed by atoms with Gasteiger partial charge in [0.1, 0.15) is 51.6 Å². The number of pyridine rings is 6. The summed E-state index contributed by atoms with van der Waals surface area (Å²) in [5.74, 6) is 5.99. The van der Waals surface area contributed by atoms with Gasteiger partial charge in [-0.2, -0.15) is 15.3 Å². The van der Waals surface area contributed by atoms with Crippen molar-refractivity contribution in [2.24, 2.45) is 26.1 Å². The van der Waals surface area contributed by atoms with E-state index in [2.05, 4.69) is 134 Å². The number of anilines is 4. The summed E-state index contributed by atoms with van der Waals surface area (Å²) in [7, 11) is 15.7. The van der Waals surface area contributed by atoms with Crippen molar-refractivity contribution in [1.82, 2.24) is 79.7 Å². The van der Waals surface area contributed by atoms with Crippen LogP contribution in [0.3, 0.4) is 0 Å². The summed E-state index contributed by atoms with van der Waals surface area (Å²) in [6.45, 7) is 24.0. The molecule has 0 aliphatic rings. The summed E-state index contributed by atoms with van der Waals surface area (Å²) in [5.41, 5.74) is 14.8. The Morgan fingerprint density at radius 1 is 0.390 bits per heavy atom. The molecule has 0 amide bonds. The summed E-state index contributed by atoms with van der Waals surface area (Å²) in [5, 5.41) is 23.4. The molecule has 25 heteroatoms. The fourth-order valence-corrected chi connectivity index (χ4v) is 11.9. The Labute approximate surface area is 615 Å². The maximum absolute atomic E-state index is 5.60. The van der Waals surface area contributed by atoms with E-state index in [-0.39, 0.29) is 0 Å². The van der Waals surface area contributed by atoms with Gasteiger partial charge < -0.3 is 58.7 Å². The molecule has 3 N–H and O–H groups in total. The molecule has 12 rings (SSSR count). The molecule has 552 valence electrons. The van der Waals surface area contributed by atoms with E-state index in [1.54, 1.807) is 56.7 Å². The first kappa shape index (κ1) is 76.6. The molecule has 0 saturated carbocycles. The van der Waals surface area contributed by atoms with E-state index in [4.69, 9.17) is 48.4 Å². The third-order valence-electron chi connectivity index (χ3n) is 17.5. The van der Waals surface area contributed by atoms with Crippen LogP contribution in [0.2, 0.25) is 0 Å². The van der Waals surface area contributed by atoms with Crippen LogP contribution < -0.4 is 59.7 Å². The molecule has 0 radical (unpaired) electrons. The van der Waals surface area contributed by atoms with Gasteiger partial charge in [-0.25, -0.2) is 15.0 Å². The van der Waals surface area contributed by atoms with Crippen LogP contribution in [0.25, 0.3) is 66.5 Å². The minimum Gasteiger partial charge on any atom is -0.497 e. The molecule has 0 fully saturated rings. The lowest BCUT2D eigenvalue weighted by Gasteiger charge is -2.31. The zero-order chi connectivity index (χ0) is 74.7. The molecule has 105 heavy (non-hydrogen) atoms. The first-order valence-electron chi connectivity index (χ1n) is 35.4. The molecule has 25 nitrogen and oxygen atoms in total. The number of rotatable bonds is 30. The highest BCUT2D eigenvalue weighted by atomic mass is 16.5. The Morgan fingerprint density at radius 3 is 1.19 bits per heavy atom. The quantitative estimate of drug-likeness (QED) is 0.0379. The second-order valence-electron chi connectivity index (χ2n) is 26.6. The summed E-state index contributed by atoms with van der Waals surface area (Å²) in [6, 6.07) is 37.4. The molecule has 0 saturated heterocycles. The van der Waals surface area contributed by atoms with Gasteiger partial charge in [0, 0.05) is 234 Å². The number of methoxy groups -OCH3 is 6. The Balaban J connectivity index is 0.000000170. The second kappa shape index (κ2) is 36.4. The standard InChI is InChI=1S/C30H41N7O2.2C25H30N6O2/c1-21(2)31-10-11-36(22(3)4)12-13-37(25-15-26(38-6)17-27(16-25)39-7)30-9-8-28-29(34-30)14-23(18-32-28)24-19-33-35(5)20-24;1-17(2)26-8-9-31(20-11-21(32-4)13-22(12-20)33-5)25-7-6-23-24(29-25)10-18(14-27-23)19-15-28-30(3)16-19;1-17(2)26-8-9-31-24-10-18(19-15-28-30(3)16-19)14-27-23(24)6-7-25(31)29-20-11-21(32-4)13-22(12-20)33-5/h8-9,14-22,31H,10-13H2,1-7H3;2*6-7,10-17,26H,8-9H2,1-5H3. The average Bonchev–Trinajstić information content (AvgIpc) is 1.41. The van der Waals surface area contributed by atoms with Gasteiger partial charge in [-0.05, 0) is 68.4 Å². The lowest BCUT2D eigenvalue weighted by molar-refractivity contribution is 0.226. The SMILES string of the molecule is COc1cc(N=c2ccc3ncc(-c4cnn(C)c4)cc3n2CCNC(C)C)cc(OC)c1.COc1cc(OC)cc(N(CCN(CCNC(C)C)C(C)C)c2ccc3ncc(-c4cnn(C)c4)cc3n2)c1.COc1cc(OC)cc(N(CCNC(C)C)c2ccc3ncc(-c4cnn(C)c4)cc3n2)c1. The molecular formula is C80H101N19O6. The van der Waals surface area contributed by atoms with Gasteiger partial charge in [0.2, 0.25) is 0 Å². The molecule has 0 aliphatic carbocycles. The molecule has 0 spiro atoms. The highest BCUT2D eigenvalue weighted by Crippen LogP contribution is 2.36. The van der Waals surface area contributed by atoms with Gasteiger partial charge >= 0.3 is 0 Å². The molecule has 0 atom stereocenters. The topological polar surface area (TPSA) is 236 Å². The maximum atomic E-state index is 5.60. The number of hydrogen-bond acceptors (Lipinski definition) is 21. The van der Waals surface area contributed by atoms with Crippen molar-refractivity contribution < 1.29 is 28.4 Å². The fraction of sp³-hybridized carbons (Fsp3) is 0.362. The number of aryl methyl sites for hydroxylation is 3. The van der Waals surface area contributed by atoms with E-state index in [9.17, 15) is 0 Å². The lowest BCUT2D eigenvalue weighted by atomic mass is 10.1. The van der Waals surface area contributed by atoms with Crippen molar-refractivity contribution in [2.45, 2.75) is 86.1 Å². The number of benzene rings is 3. The van der Waals surface area contributed by atoms with Crippen molar-refractivity contribution in [3.8, 4) is 67.9 Å². The minimum absolute atomic E-state index is 0.391.